The van der Waals surface area contributed by atoms with Crippen LogP contribution in [0, 0.1) is 5.82 Å². The van der Waals surface area contributed by atoms with Gasteiger partial charge in [-0.3, -0.25) is 9.59 Å². The maximum Gasteiger partial charge on any atom is 0.338 e. The van der Waals surface area contributed by atoms with Crippen LogP contribution in [0.5, 0.6) is 0 Å². The van der Waals surface area contributed by atoms with Gasteiger partial charge in [-0.1, -0.05) is 18.2 Å². The Morgan fingerprint density at radius 3 is 2.45 bits per heavy atom. The minimum atomic E-state index is -0.552. The van der Waals surface area contributed by atoms with Crippen molar-refractivity contribution in [2.24, 2.45) is 0 Å². The molecule has 3 aromatic rings. The van der Waals surface area contributed by atoms with Crippen LogP contribution >= 0.6 is 0 Å². The topological polar surface area (TPSA) is 93.5 Å². The first-order valence-corrected chi connectivity index (χ1v) is 10.5. The Bertz CT molecular complexity index is 1180. The van der Waals surface area contributed by atoms with Crippen molar-refractivity contribution in [3.63, 3.8) is 0 Å². The normalized spacial score (nSPS) is 14.1. The van der Waals surface area contributed by atoms with E-state index in [1.54, 1.807) is 46.1 Å². The number of nitrogens with one attached hydrogen (secondary N) is 1. The maximum atomic E-state index is 13.4. The van der Waals surface area contributed by atoms with E-state index in [1.165, 1.54) is 31.4 Å². The standard InChI is InChI=1S/C24H23FN4O4/c1-33-24(32)20-8-3-2-7-19(20)23(31)28-13-10-18(11-14-28)29-21(9-12-26-29)27-22(30)16-5-4-6-17(25)15-16/h2-9,12,15,18H,10-11,13-14H2,1H3,(H,27,30). The lowest BCUT2D eigenvalue weighted by molar-refractivity contribution is 0.0584. The molecule has 8 nitrogen and oxygen atoms in total. The Morgan fingerprint density at radius 2 is 1.76 bits per heavy atom. The van der Waals surface area contributed by atoms with Crippen molar-refractivity contribution < 1.29 is 23.5 Å². The lowest BCUT2D eigenvalue weighted by atomic mass is 10.0. The van der Waals surface area contributed by atoms with Crippen molar-refractivity contribution in [1.29, 1.82) is 0 Å². The molecule has 0 atom stereocenters. The molecule has 1 aliphatic heterocycles. The first kappa shape index (κ1) is 22.2. The molecule has 4 rings (SSSR count). The number of carbonyl (C=O) groups excluding carboxylic acids is 3. The molecule has 0 unspecified atom stereocenters. The van der Waals surface area contributed by atoms with Crippen molar-refractivity contribution in [2.45, 2.75) is 18.9 Å². The molecule has 2 amide bonds. The number of esters is 1. The highest BCUT2D eigenvalue weighted by molar-refractivity contribution is 6.05. The van der Waals surface area contributed by atoms with Gasteiger partial charge in [0.25, 0.3) is 11.8 Å². The molecule has 2 aromatic carbocycles. The molecule has 1 aliphatic rings. The predicted molar refractivity (Wildman–Crippen MR) is 119 cm³/mol. The summed E-state index contributed by atoms with van der Waals surface area (Å²) >= 11 is 0. The molecule has 9 heteroatoms. The second kappa shape index (κ2) is 9.64. The van der Waals surface area contributed by atoms with Crippen LogP contribution in [-0.4, -0.2) is 52.7 Å². The average molecular weight is 450 g/mol. The molecule has 0 bridgehead atoms. The van der Waals surface area contributed by atoms with Gasteiger partial charge >= 0.3 is 5.97 Å². The molecule has 33 heavy (non-hydrogen) atoms. The number of rotatable bonds is 5. The average Bonchev–Trinajstić information content (AvgIpc) is 3.31. The number of aromatic nitrogens is 2. The number of hydrogen-bond acceptors (Lipinski definition) is 5. The third kappa shape index (κ3) is 4.77. The van der Waals surface area contributed by atoms with E-state index in [4.69, 9.17) is 4.74 Å². The van der Waals surface area contributed by atoms with Gasteiger partial charge in [0, 0.05) is 24.7 Å². The van der Waals surface area contributed by atoms with Crippen molar-refractivity contribution in [3.05, 3.63) is 83.3 Å². The number of nitrogens with zero attached hydrogens (tertiary/aromatic N) is 3. The fourth-order valence-corrected chi connectivity index (χ4v) is 3.96. The summed E-state index contributed by atoms with van der Waals surface area (Å²) in [5, 5.41) is 7.12. The second-order valence-electron chi connectivity index (χ2n) is 7.69. The highest BCUT2D eigenvalue weighted by Gasteiger charge is 2.28. The van der Waals surface area contributed by atoms with E-state index in [2.05, 4.69) is 10.4 Å². The molecule has 0 aliphatic carbocycles. The quantitative estimate of drug-likeness (QED) is 0.600. The van der Waals surface area contributed by atoms with Crippen LogP contribution in [0.25, 0.3) is 0 Å². The molecule has 1 fully saturated rings. The van der Waals surface area contributed by atoms with E-state index >= 15 is 0 Å². The van der Waals surface area contributed by atoms with Gasteiger partial charge in [0.15, 0.2) is 0 Å². The highest BCUT2D eigenvalue weighted by Crippen LogP contribution is 2.27. The van der Waals surface area contributed by atoms with E-state index in [0.29, 0.717) is 37.3 Å². The summed E-state index contributed by atoms with van der Waals surface area (Å²) in [5.41, 5.74) is 0.763. The van der Waals surface area contributed by atoms with E-state index in [-0.39, 0.29) is 23.1 Å². The summed E-state index contributed by atoms with van der Waals surface area (Å²) in [7, 11) is 1.28. The van der Waals surface area contributed by atoms with Crippen molar-refractivity contribution in [3.8, 4) is 0 Å². The van der Waals surface area contributed by atoms with Gasteiger partial charge in [0.2, 0.25) is 0 Å². The van der Waals surface area contributed by atoms with Gasteiger partial charge in [-0.25, -0.2) is 13.9 Å². The van der Waals surface area contributed by atoms with Gasteiger partial charge in [-0.15, -0.1) is 0 Å². The van der Waals surface area contributed by atoms with Crippen molar-refractivity contribution in [1.82, 2.24) is 14.7 Å². The molecule has 0 radical (unpaired) electrons. The molecular weight excluding hydrogens is 427 g/mol. The van der Waals surface area contributed by atoms with Crippen molar-refractivity contribution in [2.75, 3.05) is 25.5 Å². The number of ether oxygens (including phenoxy) is 1. The van der Waals surface area contributed by atoms with Gasteiger partial charge in [0.05, 0.1) is 30.5 Å². The van der Waals surface area contributed by atoms with Crippen LogP contribution in [0.4, 0.5) is 10.2 Å². The molecule has 1 aromatic heterocycles. The smallest absolute Gasteiger partial charge is 0.338 e. The van der Waals surface area contributed by atoms with Crippen LogP contribution < -0.4 is 5.32 Å². The lowest BCUT2D eigenvalue weighted by Crippen LogP contribution is -2.40. The van der Waals surface area contributed by atoms with Gasteiger partial charge in [0.1, 0.15) is 11.6 Å². The number of hydrogen-bond donors (Lipinski definition) is 1. The summed E-state index contributed by atoms with van der Waals surface area (Å²) < 4.78 is 19.9. The highest BCUT2D eigenvalue weighted by atomic mass is 19.1. The zero-order chi connectivity index (χ0) is 23.4. The van der Waals surface area contributed by atoms with E-state index in [0.717, 1.165) is 0 Å². The largest absolute Gasteiger partial charge is 0.465 e. The minimum absolute atomic E-state index is 0.0253. The Kier molecular flexibility index (Phi) is 6.48. The van der Waals surface area contributed by atoms with E-state index < -0.39 is 17.7 Å². The first-order chi connectivity index (χ1) is 16.0. The van der Waals surface area contributed by atoms with E-state index in [9.17, 15) is 18.8 Å². The fourth-order valence-electron chi connectivity index (χ4n) is 3.96. The number of benzene rings is 2. The molecule has 2 heterocycles. The summed E-state index contributed by atoms with van der Waals surface area (Å²) in [6, 6.07) is 13.7. The molecule has 1 saturated heterocycles. The Hall–Kier alpha value is -4.01. The zero-order valence-electron chi connectivity index (χ0n) is 18.0. The molecule has 0 saturated carbocycles. The van der Waals surface area contributed by atoms with Crippen LogP contribution in [0.15, 0.2) is 60.8 Å². The summed E-state index contributed by atoms with van der Waals surface area (Å²) in [4.78, 5) is 39.3. The number of piperidine rings is 1. The first-order valence-electron chi connectivity index (χ1n) is 10.5. The number of halogens is 1. The summed E-state index contributed by atoms with van der Waals surface area (Å²) in [5.74, 6) is -1.19. The lowest BCUT2D eigenvalue weighted by Gasteiger charge is -2.33. The zero-order valence-corrected chi connectivity index (χ0v) is 18.0. The number of likely N-dealkylation sites (tertiary alicyclic amines) is 1. The SMILES string of the molecule is COC(=O)c1ccccc1C(=O)N1CCC(n2nccc2NC(=O)c2cccc(F)c2)CC1. The molecule has 170 valence electrons. The summed E-state index contributed by atoms with van der Waals surface area (Å²) in [6.07, 6.45) is 2.83. The van der Waals surface area contributed by atoms with E-state index in [1.807, 2.05) is 0 Å². The second-order valence-corrected chi connectivity index (χ2v) is 7.69. The van der Waals surface area contributed by atoms with Crippen LogP contribution in [-0.2, 0) is 4.74 Å². The number of carbonyl (C=O) groups is 3. The van der Waals surface area contributed by atoms with Crippen LogP contribution in [0.3, 0.4) is 0 Å². The minimum Gasteiger partial charge on any atom is -0.465 e. The molecular formula is C24H23FN4O4. The molecule has 1 N–H and O–H groups in total. The number of methoxy groups -OCH3 is 1. The maximum absolute atomic E-state index is 13.4. The van der Waals surface area contributed by atoms with Gasteiger partial charge in [-0.2, -0.15) is 5.10 Å². The van der Waals surface area contributed by atoms with Gasteiger partial charge < -0.3 is 15.0 Å². The summed E-state index contributed by atoms with van der Waals surface area (Å²) in [6.45, 7) is 0.937. The number of amides is 2. The van der Waals surface area contributed by atoms with Gasteiger partial charge in [-0.05, 0) is 43.2 Å². The Morgan fingerprint density at radius 1 is 1.03 bits per heavy atom. The Labute approximate surface area is 190 Å². The predicted octanol–water partition coefficient (Wildman–Crippen LogP) is 3.54. The monoisotopic (exact) mass is 450 g/mol. The third-order valence-electron chi connectivity index (χ3n) is 5.66. The van der Waals surface area contributed by atoms with Crippen LogP contribution in [0.1, 0.15) is 50.0 Å². The third-order valence-corrected chi connectivity index (χ3v) is 5.66. The number of anilines is 1. The van der Waals surface area contributed by atoms with Crippen molar-refractivity contribution >= 4 is 23.6 Å². The fraction of sp³-hybridized carbons (Fsp3) is 0.250. The Balaban J connectivity index is 1.42. The van der Waals surface area contributed by atoms with Crippen LogP contribution in [0.2, 0.25) is 0 Å². The molecule has 0 spiro atoms.